The number of anilines is 1. The number of carbonyl (C=O) groups excluding carboxylic acids is 4. The van der Waals surface area contributed by atoms with Crippen molar-refractivity contribution in [2.24, 2.45) is 10.8 Å². The Labute approximate surface area is 200 Å². The van der Waals surface area contributed by atoms with Gasteiger partial charge in [-0.15, -0.1) is 0 Å². The van der Waals surface area contributed by atoms with Crippen LogP contribution in [0.5, 0.6) is 11.5 Å². The molecule has 0 saturated carbocycles. The number of hydrogen-bond acceptors (Lipinski definition) is 7. The molecule has 3 aromatic carbocycles. The van der Waals surface area contributed by atoms with E-state index < -0.39 is 23.7 Å². The summed E-state index contributed by atoms with van der Waals surface area (Å²) in [5, 5.41) is 6.33. The molecule has 3 rings (SSSR count). The average molecular weight is 474 g/mol. The van der Waals surface area contributed by atoms with Crippen LogP contribution in [0.25, 0.3) is 0 Å². The molecule has 4 N–H and O–H groups in total. The fourth-order valence-electron chi connectivity index (χ4n) is 2.87. The normalized spacial score (nSPS) is 10.7. The third-order valence-corrected chi connectivity index (χ3v) is 4.75. The van der Waals surface area contributed by atoms with Crippen molar-refractivity contribution >= 4 is 35.1 Å². The summed E-state index contributed by atoms with van der Waals surface area (Å²) in [6.45, 7) is 1.62. The van der Waals surface area contributed by atoms with Gasteiger partial charge < -0.3 is 20.5 Å². The molecule has 0 spiro atoms. The minimum atomic E-state index is -0.997. The molecule has 3 amide bonds. The van der Waals surface area contributed by atoms with Crippen molar-refractivity contribution < 1.29 is 28.7 Å². The average Bonchev–Trinajstić information content (AvgIpc) is 2.87. The van der Waals surface area contributed by atoms with Crippen LogP contribution in [0.1, 0.15) is 33.2 Å². The van der Waals surface area contributed by atoms with Crippen LogP contribution < -0.4 is 25.9 Å². The van der Waals surface area contributed by atoms with Gasteiger partial charge in [-0.05, 0) is 61.5 Å². The van der Waals surface area contributed by atoms with Gasteiger partial charge in [-0.1, -0.05) is 18.2 Å². The van der Waals surface area contributed by atoms with Gasteiger partial charge in [0.2, 0.25) is 5.91 Å². The minimum absolute atomic E-state index is 0.212. The number of primary amides is 1. The van der Waals surface area contributed by atoms with Crippen molar-refractivity contribution in [2.45, 2.75) is 6.92 Å². The topological polar surface area (TPSA) is 149 Å². The van der Waals surface area contributed by atoms with Gasteiger partial charge in [-0.25, -0.2) is 10.2 Å². The molecule has 10 nitrogen and oxygen atoms in total. The minimum Gasteiger partial charge on any atom is -0.493 e. The Morgan fingerprint density at radius 3 is 2.09 bits per heavy atom. The van der Waals surface area contributed by atoms with E-state index >= 15 is 0 Å². The van der Waals surface area contributed by atoms with Gasteiger partial charge in [0.05, 0.1) is 18.4 Å². The van der Waals surface area contributed by atoms with Gasteiger partial charge in [0.1, 0.15) is 0 Å². The van der Waals surface area contributed by atoms with E-state index in [0.29, 0.717) is 22.5 Å². The molecule has 0 unspecified atom stereocenters. The molecule has 0 aliphatic carbocycles. The number of benzene rings is 3. The summed E-state index contributed by atoms with van der Waals surface area (Å²) in [5.41, 5.74) is 9.23. The number of hydrogen-bond donors (Lipinski definition) is 3. The molecule has 0 heterocycles. The van der Waals surface area contributed by atoms with E-state index in [4.69, 9.17) is 15.2 Å². The lowest BCUT2D eigenvalue weighted by Crippen LogP contribution is -2.33. The van der Waals surface area contributed by atoms with E-state index in [2.05, 4.69) is 15.8 Å². The monoisotopic (exact) mass is 474 g/mol. The second-order valence-electron chi connectivity index (χ2n) is 7.16. The number of esters is 1. The van der Waals surface area contributed by atoms with Crippen LogP contribution >= 0.6 is 0 Å². The molecule has 0 saturated heterocycles. The summed E-state index contributed by atoms with van der Waals surface area (Å²) < 4.78 is 10.7. The number of carbonyl (C=O) groups is 4. The number of methoxy groups -OCH3 is 1. The zero-order chi connectivity index (χ0) is 25.4. The first-order chi connectivity index (χ1) is 16.8. The van der Waals surface area contributed by atoms with Crippen LogP contribution in [0.3, 0.4) is 0 Å². The number of nitrogens with two attached hydrogens (primary N) is 1. The van der Waals surface area contributed by atoms with Gasteiger partial charge in [0.25, 0.3) is 0 Å². The van der Waals surface area contributed by atoms with Crippen molar-refractivity contribution in [3.8, 4) is 11.5 Å². The van der Waals surface area contributed by atoms with Crippen molar-refractivity contribution in [1.29, 1.82) is 0 Å². The second-order valence-corrected chi connectivity index (χ2v) is 7.16. The Hall–Kier alpha value is -4.99. The lowest BCUT2D eigenvalue weighted by molar-refractivity contribution is -0.136. The van der Waals surface area contributed by atoms with Crippen LogP contribution in [0.2, 0.25) is 0 Å². The van der Waals surface area contributed by atoms with E-state index in [-0.39, 0.29) is 17.1 Å². The molecule has 178 valence electrons. The number of hydrazone groups is 1. The molecule has 0 aliphatic rings. The summed E-state index contributed by atoms with van der Waals surface area (Å²) in [5.74, 6) is -2.60. The first-order valence-corrected chi connectivity index (χ1v) is 10.3. The van der Waals surface area contributed by atoms with Crippen LogP contribution in [0.4, 0.5) is 5.69 Å². The molecule has 10 heteroatoms. The summed E-state index contributed by atoms with van der Waals surface area (Å²) >= 11 is 0. The number of ether oxygens (including phenoxy) is 2. The largest absolute Gasteiger partial charge is 0.493 e. The van der Waals surface area contributed by atoms with E-state index in [1.165, 1.54) is 37.4 Å². The molecule has 0 aromatic heterocycles. The van der Waals surface area contributed by atoms with Crippen LogP contribution in [-0.4, -0.2) is 36.5 Å². The van der Waals surface area contributed by atoms with Crippen molar-refractivity contribution in [2.75, 3.05) is 12.4 Å². The predicted octanol–water partition coefficient (Wildman–Crippen LogP) is 2.49. The predicted molar refractivity (Wildman–Crippen MR) is 128 cm³/mol. The summed E-state index contributed by atoms with van der Waals surface area (Å²) in [4.78, 5) is 47.6. The molecule has 0 bridgehead atoms. The molecular formula is C25H22N4O6. The fraction of sp³-hybridized carbons (Fsp3) is 0.0800. The van der Waals surface area contributed by atoms with Crippen molar-refractivity contribution in [3.05, 3.63) is 89.5 Å². The lowest BCUT2D eigenvalue weighted by atomic mass is 10.1. The maximum Gasteiger partial charge on any atom is 0.343 e. The molecule has 0 aliphatic heterocycles. The highest BCUT2D eigenvalue weighted by atomic mass is 16.6. The molecular weight excluding hydrogens is 452 g/mol. The zero-order valence-corrected chi connectivity index (χ0v) is 18.9. The molecule has 3 aromatic rings. The number of nitrogens with one attached hydrogen (secondary N) is 2. The van der Waals surface area contributed by atoms with Crippen LogP contribution in [-0.2, 0) is 9.59 Å². The second kappa shape index (κ2) is 11.2. The van der Waals surface area contributed by atoms with Gasteiger partial charge in [0.15, 0.2) is 11.5 Å². The molecule has 0 radical (unpaired) electrons. The van der Waals surface area contributed by atoms with Crippen molar-refractivity contribution in [1.82, 2.24) is 5.43 Å². The van der Waals surface area contributed by atoms with Crippen LogP contribution in [0.15, 0.2) is 77.9 Å². The Balaban J connectivity index is 1.64. The number of amides is 3. The highest BCUT2D eigenvalue weighted by molar-refractivity contribution is 6.39. The van der Waals surface area contributed by atoms with Gasteiger partial charge >= 0.3 is 17.8 Å². The van der Waals surface area contributed by atoms with E-state index in [1.54, 1.807) is 49.4 Å². The van der Waals surface area contributed by atoms with Gasteiger partial charge in [-0.2, -0.15) is 5.10 Å². The number of nitrogens with zero attached hydrogens (tertiary/aromatic N) is 1. The highest BCUT2D eigenvalue weighted by Gasteiger charge is 2.15. The third kappa shape index (κ3) is 6.51. The molecule has 0 fully saturated rings. The summed E-state index contributed by atoms with van der Waals surface area (Å²) in [6.07, 6.45) is 0. The standard InChI is InChI=1S/C25H22N4O6/c1-15(28-29-24(32)23(31)27-19-11-8-16(9-12-19)22(26)30)18-10-13-20(21(14-18)34-2)35-25(33)17-6-4-3-5-7-17/h3-14H,1-2H3,(H2,26,30)(H,27,31)(H,29,32)/b28-15+. The first-order valence-electron chi connectivity index (χ1n) is 10.3. The Morgan fingerprint density at radius 2 is 1.46 bits per heavy atom. The number of rotatable bonds is 7. The Kier molecular flexibility index (Phi) is 7.91. The van der Waals surface area contributed by atoms with E-state index in [9.17, 15) is 19.2 Å². The quantitative estimate of drug-likeness (QED) is 0.157. The zero-order valence-electron chi connectivity index (χ0n) is 18.9. The highest BCUT2D eigenvalue weighted by Crippen LogP contribution is 2.29. The van der Waals surface area contributed by atoms with E-state index in [0.717, 1.165) is 0 Å². The van der Waals surface area contributed by atoms with Gasteiger partial charge in [0, 0.05) is 16.8 Å². The third-order valence-electron chi connectivity index (χ3n) is 4.75. The molecule has 0 atom stereocenters. The molecule has 35 heavy (non-hydrogen) atoms. The maximum absolute atomic E-state index is 12.3. The SMILES string of the molecule is COc1cc(/C(C)=N/NC(=O)C(=O)Nc2ccc(C(N)=O)cc2)ccc1OC(=O)c1ccccc1. The smallest absolute Gasteiger partial charge is 0.343 e. The lowest BCUT2D eigenvalue weighted by Gasteiger charge is -2.11. The fourth-order valence-corrected chi connectivity index (χ4v) is 2.87. The van der Waals surface area contributed by atoms with E-state index in [1.807, 2.05) is 0 Å². The summed E-state index contributed by atoms with van der Waals surface area (Å²) in [6, 6.07) is 19.0. The maximum atomic E-state index is 12.3. The van der Waals surface area contributed by atoms with Crippen molar-refractivity contribution in [3.63, 3.8) is 0 Å². The van der Waals surface area contributed by atoms with Gasteiger partial charge in [-0.3, -0.25) is 14.4 Å². The van der Waals surface area contributed by atoms with Crippen LogP contribution in [0, 0.1) is 0 Å². The first kappa shape index (κ1) is 24.6. The Morgan fingerprint density at radius 1 is 0.800 bits per heavy atom. The Bertz CT molecular complexity index is 1290. The summed E-state index contributed by atoms with van der Waals surface area (Å²) in [7, 11) is 1.42.